The predicted molar refractivity (Wildman–Crippen MR) is 64.5 cm³/mol. The van der Waals surface area contributed by atoms with Gasteiger partial charge in [-0.05, 0) is 24.7 Å². The van der Waals surface area contributed by atoms with Crippen molar-refractivity contribution in [3.63, 3.8) is 0 Å². The predicted octanol–water partition coefficient (Wildman–Crippen LogP) is 1.00. The summed E-state index contributed by atoms with van der Waals surface area (Å²) in [6, 6.07) is 7.20. The fourth-order valence-electron chi connectivity index (χ4n) is 1.49. The van der Waals surface area contributed by atoms with Gasteiger partial charge in [0.1, 0.15) is 15.6 Å². The molecule has 5 heteroatoms. The second-order valence-electron chi connectivity index (χ2n) is 3.71. The van der Waals surface area contributed by atoms with Gasteiger partial charge in [-0.1, -0.05) is 12.1 Å². The minimum Gasteiger partial charge on any atom is -0.497 e. The first-order valence-electron chi connectivity index (χ1n) is 4.95. The van der Waals surface area contributed by atoms with Crippen LogP contribution < -0.4 is 10.1 Å². The van der Waals surface area contributed by atoms with Gasteiger partial charge >= 0.3 is 0 Å². The van der Waals surface area contributed by atoms with E-state index < -0.39 is 9.84 Å². The summed E-state index contributed by atoms with van der Waals surface area (Å²) in [4.78, 5) is 0. The molecule has 0 saturated carbocycles. The van der Waals surface area contributed by atoms with E-state index in [4.69, 9.17) is 4.74 Å². The minimum absolute atomic E-state index is 0.0931. The molecule has 0 heterocycles. The molecule has 16 heavy (non-hydrogen) atoms. The lowest BCUT2D eigenvalue weighted by atomic mass is 10.1. The lowest BCUT2D eigenvalue weighted by Gasteiger charge is -2.15. The first-order chi connectivity index (χ1) is 7.46. The number of sulfone groups is 1. The first-order valence-corrected chi connectivity index (χ1v) is 7.01. The molecule has 0 spiro atoms. The van der Waals surface area contributed by atoms with Crippen LogP contribution in [0.5, 0.6) is 5.75 Å². The average molecular weight is 243 g/mol. The smallest absolute Gasteiger partial charge is 0.149 e. The van der Waals surface area contributed by atoms with E-state index in [1.807, 2.05) is 24.3 Å². The van der Waals surface area contributed by atoms with Crippen LogP contribution in [0.15, 0.2) is 24.3 Å². The van der Waals surface area contributed by atoms with Crippen LogP contribution in [0.2, 0.25) is 0 Å². The highest BCUT2D eigenvalue weighted by Gasteiger charge is 2.15. The summed E-state index contributed by atoms with van der Waals surface area (Å²) < 4.78 is 27.5. The lowest BCUT2D eigenvalue weighted by Crippen LogP contribution is -2.24. The van der Waals surface area contributed by atoms with E-state index in [0.717, 1.165) is 11.3 Å². The van der Waals surface area contributed by atoms with Crippen molar-refractivity contribution in [2.24, 2.45) is 0 Å². The van der Waals surface area contributed by atoms with Crippen molar-refractivity contribution in [3.8, 4) is 5.75 Å². The Morgan fingerprint density at radius 2 is 1.88 bits per heavy atom. The third-order valence-corrected chi connectivity index (χ3v) is 3.27. The molecule has 0 bridgehead atoms. The van der Waals surface area contributed by atoms with Crippen LogP contribution in [0.25, 0.3) is 0 Å². The molecule has 1 atom stereocenters. The van der Waals surface area contributed by atoms with Gasteiger partial charge < -0.3 is 10.1 Å². The van der Waals surface area contributed by atoms with Crippen molar-refractivity contribution in [2.75, 3.05) is 26.2 Å². The van der Waals surface area contributed by atoms with Crippen LogP contribution >= 0.6 is 0 Å². The number of benzene rings is 1. The van der Waals surface area contributed by atoms with E-state index in [2.05, 4.69) is 5.32 Å². The molecular formula is C11H17NO3S. The standard InChI is InChI=1S/C11H17NO3S/c1-12-11(8-16(3,13)14)9-4-6-10(15-2)7-5-9/h4-7,11-12H,8H2,1-3H3. The van der Waals surface area contributed by atoms with Gasteiger partial charge in [-0.3, -0.25) is 0 Å². The maximum absolute atomic E-state index is 11.2. The van der Waals surface area contributed by atoms with Gasteiger partial charge in [0.2, 0.25) is 0 Å². The van der Waals surface area contributed by atoms with E-state index in [0.29, 0.717) is 0 Å². The van der Waals surface area contributed by atoms with Crippen LogP contribution in [0, 0.1) is 0 Å². The third-order valence-electron chi connectivity index (χ3n) is 2.34. The summed E-state index contributed by atoms with van der Waals surface area (Å²) in [5.74, 6) is 0.855. The zero-order valence-electron chi connectivity index (χ0n) is 9.73. The highest BCUT2D eigenvalue weighted by molar-refractivity contribution is 7.90. The summed E-state index contributed by atoms with van der Waals surface area (Å²) in [6.07, 6.45) is 1.24. The third kappa shape index (κ3) is 3.83. The molecular weight excluding hydrogens is 226 g/mol. The quantitative estimate of drug-likeness (QED) is 0.838. The molecule has 90 valence electrons. The second kappa shape index (κ2) is 5.32. The van der Waals surface area contributed by atoms with Gasteiger partial charge in [-0.25, -0.2) is 8.42 Å². The molecule has 0 saturated heterocycles. The largest absolute Gasteiger partial charge is 0.497 e. The number of hydrogen-bond acceptors (Lipinski definition) is 4. The number of hydrogen-bond donors (Lipinski definition) is 1. The maximum atomic E-state index is 11.2. The van der Waals surface area contributed by atoms with Gasteiger partial charge in [-0.15, -0.1) is 0 Å². The van der Waals surface area contributed by atoms with Crippen molar-refractivity contribution in [3.05, 3.63) is 29.8 Å². The summed E-state index contributed by atoms with van der Waals surface area (Å²) in [5.41, 5.74) is 0.939. The Kier molecular flexibility index (Phi) is 4.32. The number of nitrogens with one attached hydrogen (secondary N) is 1. The first kappa shape index (κ1) is 13.0. The van der Waals surface area contributed by atoms with Gasteiger partial charge in [0, 0.05) is 12.3 Å². The SMILES string of the molecule is CNC(CS(C)(=O)=O)c1ccc(OC)cc1. The van der Waals surface area contributed by atoms with Crippen molar-refractivity contribution in [2.45, 2.75) is 6.04 Å². The van der Waals surface area contributed by atoms with E-state index in [1.165, 1.54) is 6.26 Å². The summed E-state index contributed by atoms with van der Waals surface area (Å²) in [7, 11) is 0.355. The molecule has 0 radical (unpaired) electrons. The lowest BCUT2D eigenvalue weighted by molar-refractivity contribution is 0.414. The molecule has 4 nitrogen and oxygen atoms in total. The number of methoxy groups -OCH3 is 1. The van der Waals surface area contributed by atoms with Gasteiger partial charge in [-0.2, -0.15) is 0 Å². The Hall–Kier alpha value is -1.07. The Labute approximate surface area is 96.5 Å². The maximum Gasteiger partial charge on any atom is 0.149 e. The Bertz CT molecular complexity index is 425. The summed E-state index contributed by atoms with van der Waals surface area (Å²) in [5, 5.41) is 2.99. The topological polar surface area (TPSA) is 55.4 Å². The van der Waals surface area contributed by atoms with Crippen LogP contribution in [0.3, 0.4) is 0 Å². The molecule has 0 aromatic heterocycles. The zero-order chi connectivity index (χ0) is 12.2. The van der Waals surface area contributed by atoms with Crippen molar-refractivity contribution >= 4 is 9.84 Å². The van der Waals surface area contributed by atoms with Crippen molar-refractivity contribution < 1.29 is 13.2 Å². The van der Waals surface area contributed by atoms with Gasteiger partial charge in [0.25, 0.3) is 0 Å². The van der Waals surface area contributed by atoms with Gasteiger partial charge in [0.15, 0.2) is 0 Å². The van der Waals surface area contributed by atoms with E-state index in [1.54, 1.807) is 14.2 Å². The van der Waals surface area contributed by atoms with Crippen LogP contribution in [0.4, 0.5) is 0 Å². The molecule has 1 aromatic carbocycles. The molecule has 1 aromatic rings. The Morgan fingerprint density at radius 1 is 1.31 bits per heavy atom. The highest BCUT2D eigenvalue weighted by Crippen LogP contribution is 2.18. The normalized spacial score (nSPS) is 13.4. The molecule has 0 aliphatic carbocycles. The minimum atomic E-state index is -2.99. The molecule has 0 fully saturated rings. The molecule has 1 unspecified atom stereocenters. The van der Waals surface area contributed by atoms with E-state index in [9.17, 15) is 8.42 Å². The van der Waals surface area contributed by atoms with E-state index >= 15 is 0 Å². The summed E-state index contributed by atoms with van der Waals surface area (Å²) in [6.45, 7) is 0. The summed E-state index contributed by atoms with van der Waals surface area (Å²) >= 11 is 0. The molecule has 0 aliphatic rings. The number of rotatable bonds is 5. The Morgan fingerprint density at radius 3 is 2.25 bits per heavy atom. The van der Waals surface area contributed by atoms with Crippen LogP contribution in [-0.4, -0.2) is 34.6 Å². The van der Waals surface area contributed by atoms with Crippen molar-refractivity contribution in [1.82, 2.24) is 5.32 Å². The van der Waals surface area contributed by atoms with Crippen LogP contribution in [0.1, 0.15) is 11.6 Å². The number of ether oxygens (including phenoxy) is 1. The van der Waals surface area contributed by atoms with Crippen molar-refractivity contribution in [1.29, 1.82) is 0 Å². The fraction of sp³-hybridized carbons (Fsp3) is 0.455. The fourth-order valence-corrected chi connectivity index (χ4v) is 2.45. The Balaban J connectivity index is 2.87. The zero-order valence-corrected chi connectivity index (χ0v) is 10.5. The average Bonchev–Trinajstić information content (AvgIpc) is 2.25. The van der Waals surface area contributed by atoms with E-state index in [-0.39, 0.29) is 11.8 Å². The second-order valence-corrected chi connectivity index (χ2v) is 5.89. The van der Waals surface area contributed by atoms with Gasteiger partial charge in [0.05, 0.1) is 12.9 Å². The molecule has 1 rings (SSSR count). The molecule has 1 N–H and O–H groups in total. The monoisotopic (exact) mass is 243 g/mol. The highest BCUT2D eigenvalue weighted by atomic mass is 32.2. The molecule has 0 amide bonds. The molecule has 0 aliphatic heterocycles. The van der Waals surface area contributed by atoms with Crippen LogP contribution in [-0.2, 0) is 9.84 Å².